The molecule has 0 heterocycles. The Morgan fingerprint density at radius 2 is 1.68 bits per heavy atom. The summed E-state index contributed by atoms with van der Waals surface area (Å²) in [5, 5.41) is 0.795. The number of carbonyl (C=O) groups excluding carboxylic acids is 1. The Bertz CT molecular complexity index is 478. The molecule has 8 heteroatoms. The van der Waals surface area contributed by atoms with Gasteiger partial charge < -0.3 is 13.8 Å². The Labute approximate surface area is 121 Å². The van der Waals surface area contributed by atoms with Crippen molar-refractivity contribution in [2.75, 3.05) is 27.0 Å². The molecule has 0 amide bonds. The summed E-state index contributed by atoms with van der Waals surface area (Å²) in [4.78, 5) is 11.6. The largest absolute Gasteiger partial charge is 0.486 e. The average Bonchev–Trinajstić information content (AvgIpc) is 2.35. The van der Waals surface area contributed by atoms with E-state index in [1.807, 2.05) is 0 Å². The molecule has 1 aromatic carbocycles. The van der Waals surface area contributed by atoms with Crippen molar-refractivity contribution < 1.29 is 23.1 Å². The van der Waals surface area contributed by atoms with Crippen LogP contribution in [0.2, 0.25) is 10.0 Å². The lowest BCUT2D eigenvalue weighted by Gasteiger charge is -2.13. The molecule has 0 atom stereocenters. The molecule has 0 aromatic heterocycles. The van der Waals surface area contributed by atoms with Crippen LogP contribution in [-0.4, -0.2) is 32.8 Å². The third-order valence-corrected chi connectivity index (χ3v) is 4.45. The summed E-state index contributed by atoms with van der Waals surface area (Å²) in [6.45, 7) is -0.270. The first-order valence-electron chi connectivity index (χ1n) is 5.19. The van der Waals surface area contributed by atoms with Gasteiger partial charge in [-0.3, -0.25) is 9.36 Å². The van der Waals surface area contributed by atoms with Crippen LogP contribution in [0.4, 0.5) is 0 Å². The summed E-state index contributed by atoms with van der Waals surface area (Å²) in [5.41, 5.74) is 0. The molecule has 0 N–H and O–H groups in total. The number of carbonyl (C=O) groups is 1. The van der Waals surface area contributed by atoms with E-state index in [0.717, 1.165) is 0 Å². The normalized spacial score (nSPS) is 11.4. The fourth-order valence-corrected chi connectivity index (χ4v) is 2.68. The predicted molar refractivity (Wildman–Crippen MR) is 73.5 cm³/mol. The minimum Gasteiger partial charge on any atom is -0.486 e. The van der Waals surface area contributed by atoms with Gasteiger partial charge in [-0.05, 0) is 18.2 Å². The highest BCUT2D eigenvalue weighted by molar-refractivity contribution is 7.54. The lowest BCUT2D eigenvalue weighted by molar-refractivity contribution is -0.118. The van der Waals surface area contributed by atoms with Gasteiger partial charge in [0.05, 0.1) is 0 Å². The molecule has 0 spiro atoms. The molecule has 0 aliphatic heterocycles. The zero-order chi connectivity index (χ0) is 14.5. The zero-order valence-corrected chi connectivity index (χ0v) is 12.8. The number of Topliss-reactive ketones (excluding diaryl/α,β-unsaturated/α-hetero) is 1. The smallest absolute Gasteiger partial charge is 0.337 e. The van der Waals surface area contributed by atoms with Gasteiger partial charge in [0, 0.05) is 24.3 Å². The van der Waals surface area contributed by atoms with Gasteiger partial charge in [-0.15, -0.1) is 0 Å². The molecule has 5 nitrogen and oxygen atoms in total. The molecule has 1 aromatic rings. The molecule has 19 heavy (non-hydrogen) atoms. The van der Waals surface area contributed by atoms with Gasteiger partial charge in [0.25, 0.3) is 0 Å². The van der Waals surface area contributed by atoms with E-state index in [2.05, 4.69) is 9.05 Å². The van der Waals surface area contributed by atoms with Crippen molar-refractivity contribution in [1.29, 1.82) is 0 Å². The summed E-state index contributed by atoms with van der Waals surface area (Å²) in [6.07, 6.45) is -0.353. The molecule has 0 fully saturated rings. The topological polar surface area (TPSA) is 61.8 Å². The fourth-order valence-electron chi connectivity index (χ4n) is 1.24. The number of ketones is 1. The third-order valence-electron chi connectivity index (χ3n) is 2.16. The van der Waals surface area contributed by atoms with Gasteiger partial charge in [-0.25, -0.2) is 0 Å². The third kappa shape index (κ3) is 5.51. The number of ether oxygens (including phenoxy) is 1. The second-order valence-electron chi connectivity index (χ2n) is 3.57. The van der Waals surface area contributed by atoms with Crippen molar-refractivity contribution in [1.82, 2.24) is 0 Å². The van der Waals surface area contributed by atoms with Gasteiger partial charge in [-0.2, -0.15) is 0 Å². The summed E-state index contributed by atoms with van der Waals surface area (Å²) in [7, 11) is -0.924. The van der Waals surface area contributed by atoms with Crippen molar-refractivity contribution in [2.45, 2.75) is 0 Å². The van der Waals surface area contributed by atoms with Crippen LogP contribution >= 0.6 is 30.8 Å². The highest BCUT2D eigenvalue weighted by Gasteiger charge is 2.25. The monoisotopic (exact) mass is 326 g/mol. The van der Waals surface area contributed by atoms with Crippen LogP contribution in [-0.2, 0) is 18.4 Å². The first-order chi connectivity index (χ1) is 8.88. The molecule has 0 radical (unpaired) electrons. The van der Waals surface area contributed by atoms with Crippen LogP contribution in [0.1, 0.15) is 0 Å². The van der Waals surface area contributed by atoms with Crippen LogP contribution < -0.4 is 4.74 Å². The number of benzene rings is 1. The maximum Gasteiger partial charge on any atom is 0.337 e. The van der Waals surface area contributed by atoms with Gasteiger partial charge in [0.2, 0.25) is 0 Å². The van der Waals surface area contributed by atoms with Crippen molar-refractivity contribution in [3.63, 3.8) is 0 Å². The van der Waals surface area contributed by atoms with E-state index in [0.29, 0.717) is 15.8 Å². The van der Waals surface area contributed by atoms with Crippen LogP contribution in [0, 0.1) is 0 Å². The Morgan fingerprint density at radius 3 is 2.16 bits per heavy atom. The average molecular weight is 327 g/mol. The number of hydrogen-bond donors (Lipinski definition) is 0. The standard InChI is InChI=1S/C11H13Cl2O5P/c1-16-19(15,17-2)7-10(14)6-18-11-4-8(12)3-9(13)5-11/h3-5H,6-7H2,1-2H3. The predicted octanol–water partition coefficient (Wildman–Crippen LogP) is 3.43. The second-order valence-corrected chi connectivity index (χ2v) is 6.71. The minimum absolute atomic E-state index is 0.270. The van der Waals surface area contributed by atoms with Crippen LogP contribution in [0.25, 0.3) is 0 Å². The number of hydrogen-bond acceptors (Lipinski definition) is 5. The Kier molecular flexibility index (Phi) is 6.30. The second kappa shape index (κ2) is 7.27. The molecule has 0 aliphatic rings. The molecule has 0 aliphatic carbocycles. The van der Waals surface area contributed by atoms with Gasteiger partial charge in [0.15, 0.2) is 5.78 Å². The van der Waals surface area contributed by atoms with E-state index in [9.17, 15) is 9.36 Å². The maximum absolute atomic E-state index is 11.7. The fraction of sp³-hybridized carbons (Fsp3) is 0.364. The van der Waals surface area contributed by atoms with Crippen molar-refractivity contribution in [2.24, 2.45) is 0 Å². The Morgan fingerprint density at radius 1 is 1.16 bits per heavy atom. The van der Waals surface area contributed by atoms with E-state index in [-0.39, 0.29) is 12.8 Å². The molecule has 0 unspecified atom stereocenters. The van der Waals surface area contributed by atoms with Crippen LogP contribution in [0.15, 0.2) is 18.2 Å². The first-order valence-corrected chi connectivity index (χ1v) is 7.68. The highest BCUT2D eigenvalue weighted by Crippen LogP contribution is 2.45. The SMILES string of the molecule is COP(=O)(CC(=O)COc1cc(Cl)cc(Cl)c1)OC. The lowest BCUT2D eigenvalue weighted by Crippen LogP contribution is -2.16. The van der Waals surface area contributed by atoms with Gasteiger partial charge >= 0.3 is 7.60 Å². The van der Waals surface area contributed by atoms with E-state index >= 15 is 0 Å². The molecule has 0 saturated heterocycles. The van der Waals surface area contributed by atoms with Gasteiger partial charge in [-0.1, -0.05) is 23.2 Å². The Balaban J connectivity index is 2.57. The summed E-state index contributed by atoms with van der Waals surface area (Å²) >= 11 is 11.6. The Hall–Kier alpha value is -0.580. The molecular formula is C11H13Cl2O5P. The molecule has 0 bridgehead atoms. The van der Waals surface area contributed by atoms with E-state index in [4.69, 9.17) is 27.9 Å². The molecule has 0 saturated carbocycles. The summed E-state index contributed by atoms with van der Waals surface area (Å²) < 4.78 is 26.3. The van der Waals surface area contributed by atoms with Gasteiger partial charge in [0.1, 0.15) is 18.5 Å². The molecule has 1 rings (SSSR count). The quantitative estimate of drug-likeness (QED) is 0.718. The van der Waals surface area contributed by atoms with Crippen molar-refractivity contribution in [3.05, 3.63) is 28.2 Å². The minimum atomic E-state index is -3.36. The molecule has 106 valence electrons. The van der Waals surface area contributed by atoms with Crippen LogP contribution in [0.3, 0.4) is 0 Å². The van der Waals surface area contributed by atoms with Crippen molar-refractivity contribution in [3.8, 4) is 5.75 Å². The lowest BCUT2D eigenvalue weighted by atomic mass is 10.3. The number of halogens is 2. The highest BCUT2D eigenvalue weighted by atomic mass is 35.5. The van der Waals surface area contributed by atoms with Crippen LogP contribution in [0.5, 0.6) is 5.75 Å². The first kappa shape index (κ1) is 16.5. The zero-order valence-electron chi connectivity index (χ0n) is 10.4. The van der Waals surface area contributed by atoms with E-state index < -0.39 is 13.4 Å². The van der Waals surface area contributed by atoms with Crippen molar-refractivity contribution >= 4 is 36.6 Å². The summed E-state index contributed by atoms with van der Waals surface area (Å²) in [5.74, 6) is -0.0568. The van der Waals surface area contributed by atoms with E-state index in [1.165, 1.54) is 26.4 Å². The number of rotatable bonds is 7. The van der Waals surface area contributed by atoms with E-state index in [1.54, 1.807) is 6.07 Å². The maximum atomic E-state index is 11.7. The summed E-state index contributed by atoms with van der Waals surface area (Å²) in [6, 6.07) is 4.59. The molecular weight excluding hydrogens is 314 g/mol.